The molecule has 1 aliphatic heterocycles. The zero-order valence-electron chi connectivity index (χ0n) is 20.1. The molecule has 0 aromatic heterocycles. The first-order valence-corrected chi connectivity index (χ1v) is 13.2. The average Bonchev–Trinajstić information content (AvgIpc) is 2.85. The predicted octanol–water partition coefficient (Wildman–Crippen LogP) is 3.85. The highest BCUT2D eigenvalue weighted by atomic mass is 32.2. The molecule has 0 unspecified atom stereocenters. The summed E-state index contributed by atoms with van der Waals surface area (Å²) >= 11 is 0. The van der Waals surface area contributed by atoms with Gasteiger partial charge in [-0.15, -0.1) is 0 Å². The summed E-state index contributed by atoms with van der Waals surface area (Å²) in [7, 11) is -3.57. The first-order chi connectivity index (χ1) is 17.2. The summed E-state index contributed by atoms with van der Waals surface area (Å²) in [6.07, 6.45) is -0.122. The number of benzene rings is 3. The fourth-order valence-electron chi connectivity index (χ4n) is 4.18. The third-order valence-corrected chi connectivity index (χ3v) is 8.12. The second kappa shape index (κ2) is 11.2. The van der Waals surface area contributed by atoms with Crippen molar-refractivity contribution in [1.82, 2.24) is 9.21 Å². The van der Waals surface area contributed by atoms with Crippen molar-refractivity contribution in [1.29, 1.82) is 0 Å². The van der Waals surface area contributed by atoms with E-state index in [4.69, 9.17) is 4.74 Å². The van der Waals surface area contributed by atoms with Crippen molar-refractivity contribution in [3.8, 4) is 5.75 Å². The molecular formula is C27H29FN2O5S. The molecular weight excluding hydrogens is 483 g/mol. The summed E-state index contributed by atoms with van der Waals surface area (Å²) in [6, 6.07) is 18.4. The van der Waals surface area contributed by atoms with Crippen molar-refractivity contribution in [3.05, 3.63) is 94.8 Å². The van der Waals surface area contributed by atoms with E-state index in [0.717, 1.165) is 11.1 Å². The van der Waals surface area contributed by atoms with E-state index in [1.165, 1.54) is 10.4 Å². The Labute approximate surface area is 210 Å². The molecule has 0 spiro atoms. The highest BCUT2D eigenvalue weighted by molar-refractivity contribution is 7.89. The van der Waals surface area contributed by atoms with Gasteiger partial charge in [-0.05, 0) is 36.8 Å². The van der Waals surface area contributed by atoms with E-state index in [9.17, 15) is 22.7 Å². The summed E-state index contributed by atoms with van der Waals surface area (Å²) < 4.78 is 47.5. The van der Waals surface area contributed by atoms with Gasteiger partial charge in [-0.1, -0.05) is 48.0 Å². The molecule has 0 amide bonds. The smallest absolute Gasteiger partial charge is 0.307 e. The number of hydrogen-bond acceptors (Lipinski definition) is 5. The van der Waals surface area contributed by atoms with Crippen molar-refractivity contribution >= 4 is 16.0 Å². The molecule has 0 atom stereocenters. The molecule has 1 N–H and O–H groups in total. The number of ether oxygens (including phenoxy) is 1. The predicted molar refractivity (Wildman–Crippen MR) is 134 cm³/mol. The van der Waals surface area contributed by atoms with E-state index < -0.39 is 16.0 Å². The topological polar surface area (TPSA) is 87.2 Å². The Morgan fingerprint density at radius 2 is 1.67 bits per heavy atom. The summed E-state index contributed by atoms with van der Waals surface area (Å²) in [5.41, 5.74) is 2.83. The lowest BCUT2D eigenvalue weighted by atomic mass is 10.1. The van der Waals surface area contributed by atoms with Gasteiger partial charge in [0, 0.05) is 43.9 Å². The van der Waals surface area contributed by atoms with E-state index in [1.807, 2.05) is 6.92 Å². The number of aryl methyl sites for hydroxylation is 1. The number of halogens is 1. The van der Waals surface area contributed by atoms with Gasteiger partial charge >= 0.3 is 5.97 Å². The van der Waals surface area contributed by atoms with E-state index >= 15 is 0 Å². The summed E-state index contributed by atoms with van der Waals surface area (Å²) in [5.74, 6) is -0.745. The summed E-state index contributed by atoms with van der Waals surface area (Å²) in [6.45, 7) is 4.13. The molecule has 3 aromatic carbocycles. The molecule has 0 saturated carbocycles. The van der Waals surface area contributed by atoms with Crippen molar-refractivity contribution in [2.75, 3.05) is 26.2 Å². The van der Waals surface area contributed by atoms with E-state index in [0.29, 0.717) is 49.6 Å². The van der Waals surface area contributed by atoms with Crippen LogP contribution in [0, 0.1) is 12.7 Å². The molecule has 1 fully saturated rings. The molecule has 36 heavy (non-hydrogen) atoms. The number of rotatable bonds is 9. The van der Waals surface area contributed by atoms with Gasteiger partial charge in [0.1, 0.15) is 18.2 Å². The first-order valence-electron chi connectivity index (χ1n) is 11.7. The monoisotopic (exact) mass is 512 g/mol. The van der Waals surface area contributed by atoms with Crippen molar-refractivity contribution in [3.63, 3.8) is 0 Å². The lowest BCUT2D eigenvalue weighted by Gasteiger charge is -2.34. The lowest BCUT2D eigenvalue weighted by molar-refractivity contribution is -0.136. The standard InChI is InChI=1S/C27H29FN2O5S/c1-20-6-9-24(10-7-20)36(33,34)30-14-12-29(13-15-30)18-23-16-21(17-27(31)32)8-11-26(23)35-19-22-4-2-3-5-25(22)28/h2-11,16H,12-15,17-19H2,1H3,(H,31,32). The SMILES string of the molecule is Cc1ccc(S(=O)(=O)N2CCN(Cc3cc(CC(=O)O)ccc3OCc3ccccc3F)CC2)cc1. The Bertz CT molecular complexity index is 1320. The highest BCUT2D eigenvalue weighted by Gasteiger charge is 2.28. The molecule has 7 nitrogen and oxygen atoms in total. The maximum atomic E-state index is 14.0. The number of sulfonamides is 1. The molecule has 0 aliphatic carbocycles. The molecule has 4 rings (SSSR count). The number of nitrogens with zero attached hydrogens (tertiary/aromatic N) is 2. The Hall–Kier alpha value is -3.27. The molecule has 9 heteroatoms. The van der Waals surface area contributed by atoms with Crippen LogP contribution in [0.4, 0.5) is 4.39 Å². The van der Waals surface area contributed by atoms with Crippen molar-refractivity contribution in [2.45, 2.75) is 31.4 Å². The number of carbonyl (C=O) groups is 1. The fourth-order valence-corrected chi connectivity index (χ4v) is 5.60. The van der Waals surface area contributed by atoms with Gasteiger partial charge in [-0.25, -0.2) is 12.8 Å². The van der Waals surface area contributed by atoms with Crippen LogP contribution in [0.1, 0.15) is 22.3 Å². The molecule has 1 heterocycles. The Kier molecular flexibility index (Phi) is 8.03. The molecule has 0 bridgehead atoms. The van der Waals surface area contributed by atoms with E-state index in [1.54, 1.807) is 60.7 Å². The highest BCUT2D eigenvalue weighted by Crippen LogP contribution is 2.26. The van der Waals surface area contributed by atoms with Gasteiger partial charge in [-0.3, -0.25) is 9.69 Å². The van der Waals surface area contributed by atoms with Crippen molar-refractivity contribution in [2.24, 2.45) is 0 Å². The molecule has 190 valence electrons. The van der Waals surface area contributed by atoms with Crippen LogP contribution in [-0.2, 0) is 34.4 Å². The molecule has 1 saturated heterocycles. The van der Waals surface area contributed by atoms with Crippen LogP contribution in [0.2, 0.25) is 0 Å². The van der Waals surface area contributed by atoms with Gasteiger partial charge < -0.3 is 9.84 Å². The van der Waals surface area contributed by atoms with Crippen LogP contribution in [0.25, 0.3) is 0 Å². The number of aliphatic carboxylic acids is 1. The van der Waals surface area contributed by atoms with Crippen LogP contribution in [0.15, 0.2) is 71.6 Å². The largest absolute Gasteiger partial charge is 0.488 e. The second-order valence-electron chi connectivity index (χ2n) is 8.89. The number of carboxylic acid groups (broad SMARTS) is 1. The van der Waals surface area contributed by atoms with Crippen LogP contribution in [0.5, 0.6) is 5.75 Å². The van der Waals surface area contributed by atoms with Gasteiger partial charge in [0.05, 0.1) is 11.3 Å². The Morgan fingerprint density at radius 1 is 0.972 bits per heavy atom. The van der Waals surface area contributed by atoms with Gasteiger partial charge in [0.25, 0.3) is 0 Å². The van der Waals surface area contributed by atoms with Crippen LogP contribution < -0.4 is 4.74 Å². The minimum absolute atomic E-state index is 0.0422. The maximum Gasteiger partial charge on any atom is 0.307 e. The number of carboxylic acids is 1. The lowest BCUT2D eigenvalue weighted by Crippen LogP contribution is -2.48. The van der Waals surface area contributed by atoms with E-state index in [2.05, 4.69) is 4.90 Å². The quantitative estimate of drug-likeness (QED) is 0.469. The normalized spacial score (nSPS) is 15.1. The minimum atomic E-state index is -3.57. The van der Waals surface area contributed by atoms with Crippen molar-refractivity contribution < 1.29 is 27.4 Å². The third kappa shape index (κ3) is 6.29. The zero-order valence-corrected chi connectivity index (χ0v) is 20.9. The minimum Gasteiger partial charge on any atom is -0.488 e. The number of piperazine rings is 1. The number of hydrogen-bond donors (Lipinski definition) is 1. The van der Waals surface area contributed by atoms with E-state index in [-0.39, 0.29) is 23.7 Å². The summed E-state index contributed by atoms with van der Waals surface area (Å²) in [5, 5.41) is 9.20. The van der Waals surface area contributed by atoms with Gasteiger partial charge in [0.2, 0.25) is 10.0 Å². The van der Waals surface area contributed by atoms with Gasteiger partial charge in [0.15, 0.2) is 0 Å². The summed E-state index contributed by atoms with van der Waals surface area (Å²) in [4.78, 5) is 13.6. The Balaban J connectivity index is 1.46. The maximum absolute atomic E-state index is 14.0. The molecule has 3 aromatic rings. The third-order valence-electron chi connectivity index (χ3n) is 6.21. The second-order valence-corrected chi connectivity index (χ2v) is 10.8. The fraction of sp³-hybridized carbons (Fsp3) is 0.296. The van der Waals surface area contributed by atoms with Gasteiger partial charge in [-0.2, -0.15) is 4.31 Å². The van der Waals surface area contributed by atoms with Crippen LogP contribution in [-0.4, -0.2) is 54.9 Å². The van der Waals surface area contributed by atoms with Crippen LogP contribution in [0.3, 0.4) is 0 Å². The molecule has 0 radical (unpaired) electrons. The zero-order chi connectivity index (χ0) is 25.7. The molecule has 1 aliphatic rings. The van der Waals surface area contributed by atoms with Crippen LogP contribution >= 0.6 is 0 Å². The Morgan fingerprint density at radius 3 is 2.33 bits per heavy atom. The first kappa shape index (κ1) is 25.8. The average molecular weight is 513 g/mol.